The van der Waals surface area contributed by atoms with Crippen molar-refractivity contribution in [2.24, 2.45) is 0 Å². The molecule has 30 heavy (non-hydrogen) atoms. The number of fused-ring (bicyclic) bond motifs is 1. The molecule has 3 aromatic rings. The number of carbonyl (C=O) groups is 1. The SMILES string of the molecule is CC(=O)O.COc1ccc(-n2c(C=CN(C)C)c([N+](=O)[O-])c3ccc(O)cc32)cc1. The van der Waals surface area contributed by atoms with Crippen LogP contribution < -0.4 is 4.74 Å². The number of nitro groups is 1. The molecule has 0 bridgehead atoms. The standard InChI is InChI=1S/C19H19N3O4.C2H4O2/c1-20(2)11-10-17-19(22(24)25)16-9-6-14(23)12-18(16)21(17)13-4-7-15(26-3)8-5-13;1-2(3)4/h4-12,23H,1-3H3;1H3,(H,3,4). The van der Waals surface area contributed by atoms with Crippen molar-refractivity contribution < 1.29 is 24.7 Å². The number of aromatic hydroxyl groups is 1. The molecule has 158 valence electrons. The van der Waals surface area contributed by atoms with Gasteiger partial charge in [-0.25, -0.2) is 0 Å². The highest BCUT2D eigenvalue weighted by Gasteiger charge is 2.25. The molecule has 0 saturated heterocycles. The van der Waals surface area contributed by atoms with Gasteiger partial charge in [-0.2, -0.15) is 0 Å². The van der Waals surface area contributed by atoms with Crippen LogP contribution in [-0.2, 0) is 4.79 Å². The number of rotatable bonds is 5. The summed E-state index contributed by atoms with van der Waals surface area (Å²) in [6, 6.07) is 11.8. The molecular formula is C21H23N3O6. The molecule has 0 spiro atoms. The van der Waals surface area contributed by atoms with E-state index in [1.54, 1.807) is 47.1 Å². The van der Waals surface area contributed by atoms with Crippen LogP contribution in [0.15, 0.2) is 48.7 Å². The van der Waals surface area contributed by atoms with Crippen LogP contribution >= 0.6 is 0 Å². The molecule has 2 aromatic carbocycles. The molecule has 9 heteroatoms. The smallest absolute Gasteiger partial charge is 0.302 e. The first kappa shape index (κ1) is 22.3. The number of methoxy groups -OCH3 is 1. The lowest BCUT2D eigenvalue weighted by Crippen LogP contribution is -2.02. The van der Waals surface area contributed by atoms with E-state index in [-0.39, 0.29) is 11.4 Å². The Hall–Kier alpha value is -4.01. The van der Waals surface area contributed by atoms with Gasteiger partial charge in [0.1, 0.15) is 17.2 Å². The Bertz CT molecular complexity index is 1080. The van der Waals surface area contributed by atoms with E-state index in [4.69, 9.17) is 14.6 Å². The van der Waals surface area contributed by atoms with E-state index in [2.05, 4.69) is 0 Å². The largest absolute Gasteiger partial charge is 0.508 e. The number of benzene rings is 2. The zero-order valence-corrected chi connectivity index (χ0v) is 17.1. The van der Waals surface area contributed by atoms with Crippen molar-refractivity contribution in [1.82, 2.24) is 9.47 Å². The first-order valence-corrected chi connectivity index (χ1v) is 8.86. The summed E-state index contributed by atoms with van der Waals surface area (Å²) in [7, 11) is 5.26. The fourth-order valence-corrected chi connectivity index (χ4v) is 2.85. The molecule has 0 aliphatic carbocycles. The highest BCUT2D eigenvalue weighted by Crippen LogP contribution is 2.38. The molecule has 0 atom stereocenters. The normalized spacial score (nSPS) is 10.5. The molecular weight excluding hydrogens is 390 g/mol. The maximum atomic E-state index is 11.8. The molecule has 0 fully saturated rings. The van der Waals surface area contributed by atoms with Crippen molar-refractivity contribution in [2.45, 2.75) is 6.92 Å². The van der Waals surface area contributed by atoms with Crippen molar-refractivity contribution in [3.05, 3.63) is 64.5 Å². The first-order chi connectivity index (χ1) is 14.1. The Labute approximate surface area is 173 Å². The maximum Gasteiger partial charge on any atom is 0.302 e. The molecule has 9 nitrogen and oxygen atoms in total. The van der Waals surface area contributed by atoms with Gasteiger partial charge < -0.3 is 24.4 Å². The van der Waals surface area contributed by atoms with Gasteiger partial charge >= 0.3 is 5.69 Å². The molecule has 0 aliphatic heterocycles. The molecule has 0 amide bonds. The van der Waals surface area contributed by atoms with E-state index in [0.29, 0.717) is 22.3 Å². The average molecular weight is 413 g/mol. The second kappa shape index (κ2) is 9.46. The van der Waals surface area contributed by atoms with Gasteiger partial charge in [-0.3, -0.25) is 14.9 Å². The minimum atomic E-state index is -0.833. The Morgan fingerprint density at radius 2 is 1.80 bits per heavy atom. The van der Waals surface area contributed by atoms with E-state index in [1.165, 1.54) is 12.1 Å². The maximum absolute atomic E-state index is 11.8. The zero-order chi connectivity index (χ0) is 22.4. The molecule has 1 aromatic heterocycles. The number of nitrogens with zero attached hydrogens (tertiary/aromatic N) is 3. The molecule has 1 heterocycles. The van der Waals surface area contributed by atoms with Crippen LogP contribution in [0.5, 0.6) is 11.5 Å². The van der Waals surface area contributed by atoms with E-state index in [9.17, 15) is 15.2 Å². The van der Waals surface area contributed by atoms with Crippen LogP contribution in [0, 0.1) is 10.1 Å². The third-order valence-corrected chi connectivity index (χ3v) is 4.00. The lowest BCUT2D eigenvalue weighted by atomic mass is 10.2. The Morgan fingerprint density at radius 1 is 1.20 bits per heavy atom. The van der Waals surface area contributed by atoms with Gasteiger partial charge in [0.15, 0.2) is 0 Å². The summed E-state index contributed by atoms with van der Waals surface area (Å²) in [5.41, 5.74) is 1.71. The van der Waals surface area contributed by atoms with Gasteiger partial charge in [-0.05, 0) is 42.5 Å². The third kappa shape index (κ3) is 5.07. The number of phenolic OH excluding ortho intramolecular Hbond substituents is 1. The van der Waals surface area contributed by atoms with E-state index in [1.807, 2.05) is 26.2 Å². The summed E-state index contributed by atoms with van der Waals surface area (Å²) < 4.78 is 6.94. The van der Waals surface area contributed by atoms with Gasteiger partial charge in [0.25, 0.3) is 5.97 Å². The zero-order valence-electron chi connectivity index (χ0n) is 17.1. The summed E-state index contributed by atoms with van der Waals surface area (Å²) >= 11 is 0. The van der Waals surface area contributed by atoms with Crippen molar-refractivity contribution in [1.29, 1.82) is 0 Å². The average Bonchev–Trinajstić information content (AvgIpc) is 2.99. The quantitative estimate of drug-likeness (QED) is 0.481. The van der Waals surface area contributed by atoms with Crippen LogP contribution in [0.3, 0.4) is 0 Å². The fourth-order valence-electron chi connectivity index (χ4n) is 2.85. The molecule has 0 saturated carbocycles. The van der Waals surface area contributed by atoms with Gasteiger partial charge in [0.2, 0.25) is 0 Å². The fraction of sp³-hybridized carbons (Fsp3) is 0.190. The van der Waals surface area contributed by atoms with Crippen molar-refractivity contribution in [3.63, 3.8) is 0 Å². The summed E-state index contributed by atoms with van der Waals surface area (Å²) in [6.45, 7) is 1.08. The molecule has 0 aliphatic rings. The molecule has 0 unspecified atom stereocenters. The number of phenols is 1. The summed E-state index contributed by atoms with van der Waals surface area (Å²) in [5, 5.41) is 29.6. The second-order valence-electron chi connectivity index (χ2n) is 6.52. The third-order valence-electron chi connectivity index (χ3n) is 4.00. The van der Waals surface area contributed by atoms with E-state index < -0.39 is 10.9 Å². The van der Waals surface area contributed by atoms with Crippen molar-refractivity contribution >= 4 is 28.6 Å². The van der Waals surface area contributed by atoms with Crippen LogP contribution in [0.2, 0.25) is 0 Å². The van der Waals surface area contributed by atoms with Gasteiger partial charge in [0, 0.05) is 39.0 Å². The van der Waals surface area contributed by atoms with Crippen LogP contribution in [-0.4, -0.2) is 51.8 Å². The number of hydrogen-bond donors (Lipinski definition) is 2. The lowest BCUT2D eigenvalue weighted by molar-refractivity contribution is -0.383. The summed E-state index contributed by atoms with van der Waals surface area (Å²) in [6.07, 6.45) is 3.44. The van der Waals surface area contributed by atoms with Crippen LogP contribution in [0.25, 0.3) is 22.7 Å². The molecule has 2 N–H and O–H groups in total. The minimum absolute atomic E-state index is 0.00563. The number of aliphatic carboxylic acids is 1. The van der Waals surface area contributed by atoms with Crippen molar-refractivity contribution in [3.8, 4) is 17.2 Å². The number of carboxylic acid groups (broad SMARTS) is 1. The Kier molecular flexibility index (Phi) is 7.03. The Morgan fingerprint density at radius 3 is 2.30 bits per heavy atom. The van der Waals surface area contributed by atoms with E-state index in [0.717, 1.165) is 12.6 Å². The number of carboxylic acids is 1. The highest BCUT2D eigenvalue weighted by molar-refractivity contribution is 5.96. The number of ether oxygens (including phenoxy) is 1. The van der Waals surface area contributed by atoms with Crippen LogP contribution in [0.1, 0.15) is 12.6 Å². The minimum Gasteiger partial charge on any atom is -0.508 e. The van der Waals surface area contributed by atoms with Gasteiger partial charge in [-0.1, -0.05) is 0 Å². The van der Waals surface area contributed by atoms with Crippen molar-refractivity contribution in [2.75, 3.05) is 21.2 Å². The lowest BCUT2D eigenvalue weighted by Gasteiger charge is -2.10. The molecule has 3 rings (SSSR count). The number of aromatic nitrogens is 1. The highest BCUT2D eigenvalue weighted by atomic mass is 16.6. The Balaban J connectivity index is 0.000000735. The summed E-state index contributed by atoms with van der Waals surface area (Å²) in [5.74, 6) is -0.101. The number of hydrogen-bond acceptors (Lipinski definition) is 6. The predicted octanol–water partition coefficient (Wildman–Crippen LogP) is 3.88. The second-order valence-corrected chi connectivity index (χ2v) is 6.52. The van der Waals surface area contributed by atoms with E-state index >= 15 is 0 Å². The molecule has 0 radical (unpaired) electrons. The topological polar surface area (TPSA) is 118 Å². The van der Waals surface area contributed by atoms with Gasteiger partial charge in [0.05, 0.1) is 22.9 Å². The monoisotopic (exact) mass is 413 g/mol. The summed E-state index contributed by atoms with van der Waals surface area (Å²) in [4.78, 5) is 22.2. The van der Waals surface area contributed by atoms with Gasteiger partial charge in [-0.15, -0.1) is 0 Å². The predicted molar refractivity (Wildman–Crippen MR) is 114 cm³/mol. The van der Waals surface area contributed by atoms with Crippen LogP contribution in [0.4, 0.5) is 5.69 Å². The first-order valence-electron chi connectivity index (χ1n) is 8.86.